The number of aliphatic hydroxyl groups excluding tert-OH is 1. The number of fused-ring (bicyclic) bond motifs is 2. The Hall–Kier alpha value is -2.36. The monoisotopic (exact) mass is 344 g/mol. The van der Waals surface area contributed by atoms with Crippen LogP contribution in [-0.2, 0) is 13.0 Å². The van der Waals surface area contributed by atoms with Gasteiger partial charge in [-0.1, -0.05) is 48.5 Å². The molecule has 0 bridgehead atoms. The molecule has 3 aromatic rings. The average molecular weight is 344 g/mol. The maximum Gasteiger partial charge on any atom is 0.0506 e. The molecule has 0 spiro atoms. The smallest absolute Gasteiger partial charge is 0.0506 e. The van der Waals surface area contributed by atoms with Crippen molar-refractivity contribution in [2.24, 2.45) is 5.92 Å². The Balaban J connectivity index is 1.65. The molecule has 1 aliphatic heterocycles. The fourth-order valence-corrected chi connectivity index (χ4v) is 4.75. The summed E-state index contributed by atoms with van der Waals surface area (Å²) in [5, 5.41) is 11.1. The van der Waals surface area contributed by atoms with E-state index in [1.807, 2.05) is 0 Å². The fourth-order valence-electron chi connectivity index (χ4n) is 4.75. The lowest BCUT2D eigenvalue weighted by Gasteiger charge is -2.39. The summed E-state index contributed by atoms with van der Waals surface area (Å²) in [6, 6.07) is 17.8. The van der Waals surface area contributed by atoms with Crippen molar-refractivity contribution in [2.45, 2.75) is 19.0 Å². The molecule has 0 fully saturated rings. The van der Waals surface area contributed by atoms with Gasteiger partial charge in [-0.05, 0) is 41.8 Å². The van der Waals surface area contributed by atoms with Crippen LogP contribution in [0.25, 0.3) is 16.5 Å². The van der Waals surface area contributed by atoms with E-state index in [9.17, 15) is 5.11 Å². The van der Waals surface area contributed by atoms with E-state index in [0.717, 1.165) is 19.5 Å². The zero-order valence-corrected chi connectivity index (χ0v) is 15.1. The second kappa shape index (κ2) is 6.11. The molecule has 2 heterocycles. The van der Waals surface area contributed by atoms with Crippen LogP contribution < -0.4 is 0 Å². The van der Waals surface area contributed by atoms with Gasteiger partial charge < -0.3 is 9.67 Å². The summed E-state index contributed by atoms with van der Waals surface area (Å²) in [6.07, 6.45) is 5.72. The maximum absolute atomic E-state index is 9.68. The lowest BCUT2D eigenvalue weighted by atomic mass is 9.80. The summed E-state index contributed by atoms with van der Waals surface area (Å²) >= 11 is 0. The van der Waals surface area contributed by atoms with Gasteiger partial charge in [0.05, 0.1) is 6.61 Å². The second-order valence-corrected chi connectivity index (χ2v) is 7.69. The van der Waals surface area contributed by atoms with E-state index in [0.29, 0.717) is 6.04 Å². The summed E-state index contributed by atoms with van der Waals surface area (Å²) < 4.78 is 2.39. The molecule has 5 rings (SSSR count). The van der Waals surface area contributed by atoms with Crippen LogP contribution in [0, 0.1) is 5.92 Å². The first-order valence-corrected chi connectivity index (χ1v) is 9.42. The number of aromatic nitrogens is 1. The highest BCUT2D eigenvalue weighted by Crippen LogP contribution is 2.41. The predicted molar refractivity (Wildman–Crippen MR) is 106 cm³/mol. The van der Waals surface area contributed by atoms with Crippen molar-refractivity contribution in [2.75, 3.05) is 20.2 Å². The molecule has 0 unspecified atom stereocenters. The van der Waals surface area contributed by atoms with Gasteiger partial charge in [0.15, 0.2) is 0 Å². The van der Waals surface area contributed by atoms with Gasteiger partial charge in [0.2, 0.25) is 0 Å². The number of rotatable bonds is 3. The Morgan fingerprint density at radius 3 is 2.73 bits per heavy atom. The number of benzene rings is 2. The largest absolute Gasteiger partial charge is 0.396 e. The van der Waals surface area contributed by atoms with E-state index in [-0.39, 0.29) is 12.5 Å². The number of nitrogens with zero attached hydrogens (tertiary/aromatic N) is 2. The predicted octanol–water partition coefficient (Wildman–Crippen LogP) is 3.55. The molecule has 1 aliphatic carbocycles. The Morgan fingerprint density at radius 1 is 1.08 bits per heavy atom. The number of likely N-dealkylation sites (N-methyl/N-ethyl adjacent to an activating group) is 1. The summed E-state index contributed by atoms with van der Waals surface area (Å²) in [5.41, 5.74) is 6.84. The van der Waals surface area contributed by atoms with E-state index in [1.165, 1.54) is 33.2 Å². The van der Waals surface area contributed by atoms with Crippen molar-refractivity contribution in [3.8, 4) is 0 Å². The molecule has 0 amide bonds. The van der Waals surface area contributed by atoms with Crippen molar-refractivity contribution in [1.82, 2.24) is 9.47 Å². The molecule has 0 saturated heterocycles. The second-order valence-electron chi connectivity index (χ2n) is 7.69. The van der Waals surface area contributed by atoms with E-state index in [1.54, 1.807) is 0 Å². The topological polar surface area (TPSA) is 28.4 Å². The van der Waals surface area contributed by atoms with Gasteiger partial charge in [-0.25, -0.2) is 0 Å². The standard InChI is InChI=1S/C23H24N2O/c1-24-12-17(15-26)10-20-19-8-5-9-21-23(19)18(11-22(20)24)14-25(21)13-16-6-3-2-4-7-16/h2-10,14,17,22,26H,11-13,15H2,1H3/t17-,22-/m1/s1. The maximum atomic E-state index is 9.68. The minimum atomic E-state index is 0.221. The van der Waals surface area contributed by atoms with Crippen molar-refractivity contribution in [3.63, 3.8) is 0 Å². The highest BCUT2D eigenvalue weighted by Gasteiger charge is 2.33. The van der Waals surface area contributed by atoms with Gasteiger partial charge in [-0.3, -0.25) is 4.90 Å². The van der Waals surface area contributed by atoms with Crippen LogP contribution in [0.5, 0.6) is 0 Å². The molecule has 1 aromatic heterocycles. The van der Waals surface area contributed by atoms with Crippen molar-refractivity contribution in [3.05, 3.63) is 77.5 Å². The normalized spacial score (nSPS) is 22.3. The molecule has 0 radical (unpaired) electrons. The van der Waals surface area contributed by atoms with Gasteiger partial charge in [-0.15, -0.1) is 0 Å². The molecule has 1 N–H and O–H groups in total. The summed E-state index contributed by atoms with van der Waals surface area (Å²) in [7, 11) is 2.19. The zero-order valence-electron chi connectivity index (χ0n) is 15.1. The van der Waals surface area contributed by atoms with Gasteiger partial charge in [-0.2, -0.15) is 0 Å². The average Bonchev–Trinajstić information content (AvgIpc) is 3.02. The van der Waals surface area contributed by atoms with Gasteiger partial charge in [0.1, 0.15) is 0 Å². The van der Waals surface area contributed by atoms with Crippen LogP contribution in [0.1, 0.15) is 16.7 Å². The third-order valence-electron chi connectivity index (χ3n) is 5.97. The fraction of sp³-hybridized carbons (Fsp3) is 0.304. The van der Waals surface area contributed by atoms with Gasteiger partial charge in [0, 0.05) is 42.1 Å². The minimum absolute atomic E-state index is 0.221. The van der Waals surface area contributed by atoms with Crippen molar-refractivity contribution < 1.29 is 5.11 Å². The SMILES string of the molecule is CN1C[C@H](CO)C=C2c3cccc4c3c(cn4Cc3ccccc3)C[C@H]21. The minimum Gasteiger partial charge on any atom is -0.396 e. The van der Waals surface area contributed by atoms with Gasteiger partial charge in [0.25, 0.3) is 0 Å². The molecule has 2 aliphatic rings. The first-order valence-electron chi connectivity index (χ1n) is 9.42. The first-order chi connectivity index (χ1) is 12.7. The highest BCUT2D eigenvalue weighted by molar-refractivity contribution is 5.98. The zero-order chi connectivity index (χ0) is 17.7. The quantitative estimate of drug-likeness (QED) is 0.787. The molecule has 2 atom stereocenters. The van der Waals surface area contributed by atoms with Gasteiger partial charge >= 0.3 is 0 Å². The molecule has 26 heavy (non-hydrogen) atoms. The lowest BCUT2D eigenvalue weighted by molar-refractivity contribution is 0.181. The summed E-state index contributed by atoms with van der Waals surface area (Å²) in [4.78, 5) is 2.41. The lowest BCUT2D eigenvalue weighted by Crippen LogP contribution is -2.43. The van der Waals surface area contributed by atoms with E-state index in [4.69, 9.17) is 0 Å². The first kappa shape index (κ1) is 15.9. The molecule has 3 heteroatoms. The molecular formula is C23H24N2O. The number of aliphatic hydroxyl groups is 1. The Kier molecular flexibility index (Phi) is 3.73. The molecular weight excluding hydrogens is 320 g/mol. The molecule has 0 saturated carbocycles. The van der Waals surface area contributed by atoms with Crippen LogP contribution in [0.2, 0.25) is 0 Å². The van der Waals surface area contributed by atoms with Crippen molar-refractivity contribution in [1.29, 1.82) is 0 Å². The van der Waals surface area contributed by atoms with Crippen LogP contribution >= 0.6 is 0 Å². The Labute approximate surface area is 154 Å². The summed E-state index contributed by atoms with van der Waals surface area (Å²) in [5.74, 6) is 0.231. The molecule has 2 aromatic carbocycles. The van der Waals surface area contributed by atoms with Crippen LogP contribution in [-0.4, -0.2) is 40.8 Å². The third kappa shape index (κ3) is 2.43. The van der Waals surface area contributed by atoms with E-state index in [2.05, 4.69) is 77.3 Å². The number of hydrogen-bond acceptors (Lipinski definition) is 2. The Bertz CT molecular complexity index is 986. The van der Waals surface area contributed by atoms with Crippen molar-refractivity contribution >= 4 is 16.5 Å². The van der Waals surface area contributed by atoms with E-state index < -0.39 is 0 Å². The highest BCUT2D eigenvalue weighted by atomic mass is 16.3. The van der Waals surface area contributed by atoms with Crippen LogP contribution in [0.3, 0.4) is 0 Å². The van der Waals surface area contributed by atoms with E-state index >= 15 is 0 Å². The Morgan fingerprint density at radius 2 is 1.92 bits per heavy atom. The van der Waals surface area contributed by atoms with Crippen LogP contribution in [0.15, 0.2) is 60.8 Å². The number of hydrogen-bond donors (Lipinski definition) is 1. The molecule has 132 valence electrons. The molecule has 3 nitrogen and oxygen atoms in total. The third-order valence-corrected chi connectivity index (χ3v) is 5.97. The summed E-state index contributed by atoms with van der Waals surface area (Å²) in [6.45, 7) is 2.05. The van der Waals surface area contributed by atoms with Crippen LogP contribution in [0.4, 0.5) is 0 Å².